The van der Waals surface area contributed by atoms with Crippen LogP contribution in [-0.4, -0.2) is 38.9 Å². The van der Waals surface area contributed by atoms with E-state index in [9.17, 15) is 24.0 Å². The highest BCUT2D eigenvalue weighted by Crippen LogP contribution is 2.18. The molecule has 0 bridgehead atoms. The lowest BCUT2D eigenvalue weighted by Gasteiger charge is -2.15. The highest BCUT2D eigenvalue weighted by Gasteiger charge is 2.23. The third-order valence-electron chi connectivity index (χ3n) is 5.52. The van der Waals surface area contributed by atoms with Crippen LogP contribution in [-0.2, 0) is 16.1 Å². The molecule has 0 atom stereocenters. The fourth-order valence-corrected chi connectivity index (χ4v) is 3.82. The molecular formula is C26H22N4O6. The lowest BCUT2D eigenvalue weighted by molar-refractivity contribution is -0.116. The van der Waals surface area contributed by atoms with Gasteiger partial charge in [0.1, 0.15) is 6.54 Å². The standard InChI is InChI=1S/C26H22N4O6/c1-15-13-20(25(34)36-3)22-23(27-15)30(19-7-5-4-6-8-19)26(35)29(24(22)33)14-21(32)28-18-11-9-17(10-12-18)16(2)31/h4-13H,14H2,1-3H3,(H,28,32). The van der Waals surface area contributed by atoms with Crippen molar-refractivity contribution in [1.82, 2.24) is 14.1 Å². The first-order valence-corrected chi connectivity index (χ1v) is 10.9. The number of aromatic nitrogens is 3. The minimum atomic E-state index is -0.850. The average Bonchev–Trinajstić information content (AvgIpc) is 2.86. The Bertz CT molecular complexity index is 1620. The summed E-state index contributed by atoms with van der Waals surface area (Å²) in [6.45, 7) is 2.43. The van der Waals surface area contributed by atoms with Crippen LogP contribution >= 0.6 is 0 Å². The third kappa shape index (κ3) is 4.56. The second-order valence-corrected chi connectivity index (χ2v) is 8.03. The molecule has 0 fully saturated rings. The number of ketones is 1. The number of nitrogens with one attached hydrogen (secondary N) is 1. The van der Waals surface area contributed by atoms with Crippen molar-refractivity contribution in [2.75, 3.05) is 12.4 Å². The number of nitrogens with zero attached hydrogens (tertiary/aromatic N) is 3. The zero-order valence-electron chi connectivity index (χ0n) is 19.8. The molecule has 0 aliphatic carbocycles. The summed E-state index contributed by atoms with van der Waals surface area (Å²) in [5.74, 6) is -1.55. The van der Waals surface area contributed by atoms with E-state index in [2.05, 4.69) is 10.3 Å². The van der Waals surface area contributed by atoms with E-state index in [1.807, 2.05) is 0 Å². The van der Waals surface area contributed by atoms with Crippen LogP contribution in [0.2, 0.25) is 0 Å². The first-order valence-electron chi connectivity index (χ1n) is 10.9. The number of hydrogen-bond donors (Lipinski definition) is 1. The van der Waals surface area contributed by atoms with E-state index in [-0.39, 0.29) is 22.4 Å². The van der Waals surface area contributed by atoms with Crippen molar-refractivity contribution >= 4 is 34.4 Å². The van der Waals surface area contributed by atoms with Crippen molar-refractivity contribution in [3.05, 3.63) is 98.3 Å². The zero-order chi connectivity index (χ0) is 26.0. The van der Waals surface area contributed by atoms with Gasteiger partial charge in [0.15, 0.2) is 11.4 Å². The van der Waals surface area contributed by atoms with Crippen LogP contribution in [0.3, 0.4) is 0 Å². The highest BCUT2D eigenvalue weighted by molar-refractivity contribution is 6.02. The number of rotatable bonds is 6. The van der Waals surface area contributed by atoms with E-state index in [1.54, 1.807) is 61.5 Å². The number of benzene rings is 2. The molecule has 0 radical (unpaired) electrons. The van der Waals surface area contributed by atoms with Crippen LogP contribution in [0.5, 0.6) is 0 Å². The second kappa shape index (κ2) is 9.79. The average molecular weight is 486 g/mol. The van der Waals surface area contributed by atoms with Crippen molar-refractivity contribution in [2.45, 2.75) is 20.4 Å². The molecule has 4 rings (SSSR count). The van der Waals surface area contributed by atoms with Gasteiger partial charge in [-0.1, -0.05) is 18.2 Å². The van der Waals surface area contributed by atoms with E-state index in [0.29, 0.717) is 22.6 Å². The van der Waals surface area contributed by atoms with Gasteiger partial charge in [-0.05, 0) is 56.3 Å². The Labute approximate surface area is 204 Å². The van der Waals surface area contributed by atoms with Gasteiger partial charge < -0.3 is 10.1 Å². The van der Waals surface area contributed by atoms with Crippen LogP contribution in [0, 0.1) is 6.92 Å². The van der Waals surface area contributed by atoms with Crippen LogP contribution in [0.15, 0.2) is 70.3 Å². The molecule has 10 heteroatoms. The van der Waals surface area contributed by atoms with Gasteiger partial charge >= 0.3 is 11.7 Å². The van der Waals surface area contributed by atoms with Crippen LogP contribution in [0.4, 0.5) is 5.69 Å². The summed E-state index contributed by atoms with van der Waals surface area (Å²) in [6.07, 6.45) is 0. The van der Waals surface area contributed by atoms with Gasteiger partial charge in [-0.3, -0.25) is 14.4 Å². The molecule has 0 aliphatic heterocycles. The Hall–Kier alpha value is -4.86. The molecule has 2 aromatic carbocycles. The van der Waals surface area contributed by atoms with Gasteiger partial charge in [0.25, 0.3) is 5.56 Å². The molecule has 1 N–H and O–H groups in total. The molecule has 2 aromatic heterocycles. The normalized spacial score (nSPS) is 10.8. The summed E-state index contributed by atoms with van der Waals surface area (Å²) in [5, 5.41) is 2.47. The Kier molecular flexibility index (Phi) is 6.60. The van der Waals surface area contributed by atoms with Crippen LogP contribution < -0.4 is 16.6 Å². The number of methoxy groups -OCH3 is 1. The Morgan fingerprint density at radius 1 is 1.00 bits per heavy atom. The topological polar surface area (TPSA) is 129 Å². The van der Waals surface area contributed by atoms with E-state index in [1.165, 1.54) is 24.7 Å². The summed E-state index contributed by atoms with van der Waals surface area (Å²) in [7, 11) is 1.18. The third-order valence-corrected chi connectivity index (χ3v) is 5.52. The quantitative estimate of drug-likeness (QED) is 0.327. The molecule has 0 aliphatic rings. The van der Waals surface area contributed by atoms with Gasteiger partial charge in [0, 0.05) is 16.9 Å². The number of carbonyl (C=O) groups is 3. The monoisotopic (exact) mass is 486 g/mol. The molecular weight excluding hydrogens is 464 g/mol. The molecule has 0 unspecified atom stereocenters. The first-order chi connectivity index (χ1) is 17.2. The van der Waals surface area contributed by atoms with Crippen molar-refractivity contribution in [3.8, 4) is 5.69 Å². The van der Waals surface area contributed by atoms with Gasteiger partial charge in [-0.25, -0.2) is 23.7 Å². The first kappa shape index (κ1) is 24.3. The Morgan fingerprint density at radius 3 is 2.28 bits per heavy atom. The van der Waals surface area contributed by atoms with Crippen molar-refractivity contribution in [2.24, 2.45) is 0 Å². The molecule has 10 nitrogen and oxygen atoms in total. The van der Waals surface area contributed by atoms with Gasteiger partial charge in [-0.2, -0.15) is 0 Å². The lowest BCUT2D eigenvalue weighted by Crippen LogP contribution is -2.43. The SMILES string of the molecule is COC(=O)c1cc(C)nc2c1c(=O)n(CC(=O)Nc1ccc(C(C)=O)cc1)c(=O)n2-c1ccccc1. The summed E-state index contributed by atoms with van der Waals surface area (Å²) >= 11 is 0. The number of esters is 1. The van der Waals surface area contributed by atoms with Crippen molar-refractivity contribution in [1.29, 1.82) is 0 Å². The molecule has 4 aromatic rings. The number of aryl methyl sites for hydroxylation is 1. The van der Waals surface area contributed by atoms with Crippen LogP contribution in [0.25, 0.3) is 16.7 Å². The number of para-hydroxylation sites is 1. The summed E-state index contributed by atoms with van der Waals surface area (Å²) in [6, 6.07) is 16.1. The second-order valence-electron chi connectivity index (χ2n) is 8.03. The summed E-state index contributed by atoms with van der Waals surface area (Å²) in [5.41, 5.74) is -0.0766. The number of Topliss-reactive ketones (excluding diaryl/α,β-unsaturated/α-hetero) is 1. The molecule has 36 heavy (non-hydrogen) atoms. The largest absolute Gasteiger partial charge is 0.465 e. The number of pyridine rings is 1. The summed E-state index contributed by atoms with van der Waals surface area (Å²) < 4.78 is 6.78. The predicted molar refractivity (Wildman–Crippen MR) is 133 cm³/mol. The minimum absolute atomic E-state index is 0.0203. The number of carbonyl (C=O) groups excluding carboxylic acids is 3. The Balaban J connectivity index is 1.88. The molecule has 182 valence electrons. The van der Waals surface area contributed by atoms with Gasteiger partial charge in [0.2, 0.25) is 5.91 Å². The van der Waals surface area contributed by atoms with Crippen molar-refractivity contribution < 1.29 is 19.1 Å². The maximum atomic E-state index is 13.5. The Morgan fingerprint density at radius 2 is 1.67 bits per heavy atom. The number of ether oxygens (including phenoxy) is 1. The molecule has 0 spiro atoms. The van der Waals surface area contributed by atoms with E-state index < -0.39 is 29.7 Å². The maximum Gasteiger partial charge on any atom is 0.338 e. The molecule has 2 heterocycles. The number of hydrogen-bond acceptors (Lipinski definition) is 7. The number of fused-ring (bicyclic) bond motifs is 1. The fraction of sp³-hybridized carbons (Fsp3) is 0.154. The van der Waals surface area contributed by atoms with Gasteiger partial charge in [0.05, 0.1) is 23.7 Å². The fourth-order valence-electron chi connectivity index (χ4n) is 3.82. The number of amides is 1. The van der Waals surface area contributed by atoms with Gasteiger partial charge in [-0.15, -0.1) is 0 Å². The maximum absolute atomic E-state index is 13.5. The zero-order valence-corrected chi connectivity index (χ0v) is 19.8. The number of anilines is 1. The van der Waals surface area contributed by atoms with E-state index >= 15 is 0 Å². The molecule has 0 saturated carbocycles. The highest BCUT2D eigenvalue weighted by atomic mass is 16.5. The molecule has 0 saturated heterocycles. The minimum Gasteiger partial charge on any atom is -0.465 e. The summed E-state index contributed by atoms with van der Waals surface area (Å²) in [4.78, 5) is 68.2. The van der Waals surface area contributed by atoms with E-state index in [0.717, 1.165) is 4.57 Å². The predicted octanol–water partition coefficient (Wildman–Crippen LogP) is 2.48. The van der Waals surface area contributed by atoms with E-state index in [4.69, 9.17) is 4.74 Å². The smallest absolute Gasteiger partial charge is 0.338 e. The van der Waals surface area contributed by atoms with Crippen molar-refractivity contribution in [3.63, 3.8) is 0 Å². The molecule has 1 amide bonds. The lowest BCUT2D eigenvalue weighted by atomic mass is 10.1. The van der Waals surface area contributed by atoms with Crippen LogP contribution in [0.1, 0.15) is 33.3 Å².